The maximum Gasteiger partial charge on any atom is 0.421 e. The van der Waals surface area contributed by atoms with E-state index in [-0.39, 0.29) is 17.6 Å². The molecule has 1 aromatic rings. The van der Waals surface area contributed by atoms with Crippen LogP contribution in [-0.2, 0) is 10.9 Å². The minimum absolute atomic E-state index is 0.216. The molecule has 0 unspecified atom stereocenters. The Balaban J connectivity index is 2.11. The third-order valence-corrected chi connectivity index (χ3v) is 3.66. The molecule has 0 aliphatic carbocycles. The van der Waals surface area contributed by atoms with Crippen molar-refractivity contribution in [3.8, 4) is 0 Å². The Labute approximate surface area is 148 Å². The first-order chi connectivity index (χ1) is 11.5. The Morgan fingerprint density at radius 3 is 2.68 bits per heavy atom. The molecule has 1 saturated heterocycles. The Kier molecular flexibility index (Phi) is 5.65. The molecule has 0 radical (unpaired) electrons. The van der Waals surface area contributed by atoms with E-state index < -0.39 is 29.5 Å². The number of likely N-dealkylation sites (tertiary alicyclic amines) is 1. The number of hydrogen-bond acceptors (Lipinski definition) is 5. The molecule has 0 spiro atoms. The molecule has 1 aliphatic rings. The van der Waals surface area contributed by atoms with Crippen LogP contribution in [0.1, 0.15) is 39.2 Å². The monoisotopic (exact) mass is 380 g/mol. The molecule has 0 bridgehead atoms. The van der Waals surface area contributed by atoms with Crippen LogP contribution in [-0.4, -0.2) is 45.7 Å². The predicted molar refractivity (Wildman–Crippen MR) is 86.5 cm³/mol. The summed E-state index contributed by atoms with van der Waals surface area (Å²) in [5, 5.41) is 2.46. The fourth-order valence-electron chi connectivity index (χ4n) is 2.46. The zero-order valence-electron chi connectivity index (χ0n) is 14.2. The zero-order valence-corrected chi connectivity index (χ0v) is 14.9. The third-order valence-electron chi connectivity index (χ3n) is 3.48. The molecule has 1 fully saturated rings. The van der Waals surface area contributed by atoms with Crippen LogP contribution < -0.4 is 5.32 Å². The number of amides is 1. The van der Waals surface area contributed by atoms with Gasteiger partial charge in [0.25, 0.3) is 0 Å². The van der Waals surface area contributed by atoms with E-state index in [1.54, 1.807) is 20.8 Å². The van der Waals surface area contributed by atoms with Gasteiger partial charge in [-0.3, -0.25) is 0 Å². The number of nitrogens with one attached hydrogen (secondary N) is 1. The van der Waals surface area contributed by atoms with Crippen molar-refractivity contribution in [1.29, 1.82) is 0 Å². The molecular weight excluding hydrogens is 361 g/mol. The maximum absolute atomic E-state index is 13.1. The van der Waals surface area contributed by atoms with Crippen molar-refractivity contribution in [3.05, 3.63) is 17.0 Å². The molecule has 1 N–H and O–H groups in total. The van der Waals surface area contributed by atoms with Gasteiger partial charge < -0.3 is 15.0 Å². The largest absolute Gasteiger partial charge is 0.444 e. The Morgan fingerprint density at radius 1 is 1.40 bits per heavy atom. The summed E-state index contributed by atoms with van der Waals surface area (Å²) in [6.45, 7) is 5.97. The second-order valence-corrected chi connectivity index (χ2v) is 7.15. The van der Waals surface area contributed by atoms with Gasteiger partial charge in [0, 0.05) is 25.3 Å². The predicted octanol–water partition coefficient (Wildman–Crippen LogP) is 3.96. The summed E-state index contributed by atoms with van der Waals surface area (Å²) in [6, 6.07) is -0.395. The van der Waals surface area contributed by atoms with Crippen LogP contribution in [0.4, 0.5) is 23.8 Å². The topological polar surface area (TPSA) is 67.3 Å². The summed E-state index contributed by atoms with van der Waals surface area (Å²) in [6.07, 6.45) is -3.22. The molecule has 6 nitrogen and oxygen atoms in total. The first-order valence-electron chi connectivity index (χ1n) is 7.80. The molecule has 140 valence electrons. The molecule has 1 aliphatic heterocycles. The second-order valence-electron chi connectivity index (χ2n) is 6.81. The van der Waals surface area contributed by atoms with Gasteiger partial charge in [-0.15, -0.1) is 0 Å². The van der Waals surface area contributed by atoms with Crippen molar-refractivity contribution in [2.45, 2.75) is 51.4 Å². The number of piperidine rings is 1. The van der Waals surface area contributed by atoms with Gasteiger partial charge in [-0.2, -0.15) is 13.2 Å². The van der Waals surface area contributed by atoms with E-state index in [4.69, 9.17) is 16.3 Å². The van der Waals surface area contributed by atoms with Crippen molar-refractivity contribution < 1.29 is 22.7 Å². The van der Waals surface area contributed by atoms with Crippen LogP contribution in [0.25, 0.3) is 0 Å². The lowest BCUT2D eigenvalue weighted by Gasteiger charge is -2.34. The fraction of sp³-hybridized carbons (Fsp3) is 0.667. The highest BCUT2D eigenvalue weighted by Gasteiger charge is 2.36. The summed E-state index contributed by atoms with van der Waals surface area (Å²) in [7, 11) is 0. The van der Waals surface area contributed by atoms with E-state index in [0.717, 1.165) is 0 Å². The van der Waals surface area contributed by atoms with Gasteiger partial charge in [-0.05, 0) is 45.2 Å². The van der Waals surface area contributed by atoms with Gasteiger partial charge in [-0.1, -0.05) is 0 Å². The number of aromatic nitrogens is 2. The molecule has 10 heteroatoms. The van der Waals surface area contributed by atoms with Crippen LogP contribution >= 0.6 is 11.6 Å². The SMILES string of the molecule is CC(C)(C)OC(=O)N1CCC[C@H](Nc2nc(Cl)ncc2C(F)(F)F)C1. The first kappa shape index (κ1) is 19.6. The summed E-state index contributed by atoms with van der Waals surface area (Å²) in [4.78, 5) is 20.7. The van der Waals surface area contributed by atoms with Crippen molar-refractivity contribution in [2.75, 3.05) is 18.4 Å². The summed E-state index contributed by atoms with van der Waals surface area (Å²) >= 11 is 5.62. The first-order valence-corrected chi connectivity index (χ1v) is 8.18. The maximum atomic E-state index is 13.1. The molecule has 1 amide bonds. The number of anilines is 1. The lowest BCUT2D eigenvalue weighted by atomic mass is 10.1. The summed E-state index contributed by atoms with van der Waals surface area (Å²) < 4.78 is 44.5. The highest BCUT2D eigenvalue weighted by atomic mass is 35.5. The molecule has 0 saturated carbocycles. The fourth-order valence-corrected chi connectivity index (χ4v) is 2.59. The normalized spacial score (nSPS) is 18.8. The smallest absolute Gasteiger partial charge is 0.421 e. The van der Waals surface area contributed by atoms with Crippen LogP contribution in [0.15, 0.2) is 6.20 Å². The number of nitrogens with zero attached hydrogens (tertiary/aromatic N) is 3. The van der Waals surface area contributed by atoms with Crippen LogP contribution in [0.2, 0.25) is 5.28 Å². The molecule has 2 rings (SSSR count). The number of rotatable bonds is 2. The molecule has 25 heavy (non-hydrogen) atoms. The number of halogens is 4. The molecule has 1 aromatic heterocycles. The van der Waals surface area contributed by atoms with Gasteiger partial charge in [0.05, 0.1) is 0 Å². The second kappa shape index (κ2) is 7.23. The molecule has 0 aromatic carbocycles. The van der Waals surface area contributed by atoms with E-state index in [1.165, 1.54) is 4.90 Å². The van der Waals surface area contributed by atoms with Crippen LogP contribution in [0, 0.1) is 0 Å². The minimum atomic E-state index is -4.60. The van der Waals surface area contributed by atoms with Crippen molar-refractivity contribution in [1.82, 2.24) is 14.9 Å². The van der Waals surface area contributed by atoms with E-state index in [1.807, 2.05) is 0 Å². The van der Waals surface area contributed by atoms with Gasteiger partial charge >= 0.3 is 12.3 Å². The van der Waals surface area contributed by atoms with Crippen molar-refractivity contribution in [2.24, 2.45) is 0 Å². The Bertz CT molecular complexity index is 634. The number of carbonyl (C=O) groups excluding carboxylic acids is 1. The molecule has 1 atom stereocenters. The number of hydrogen-bond donors (Lipinski definition) is 1. The summed E-state index contributed by atoms with van der Waals surface area (Å²) in [5.41, 5.74) is -1.63. The van der Waals surface area contributed by atoms with Crippen LogP contribution in [0.5, 0.6) is 0 Å². The lowest BCUT2D eigenvalue weighted by molar-refractivity contribution is -0.137. The van der Waals surface area contributed by atoms with Gasteiger partial charge in [0.2, 0.25) is 5.28 Å². The zero-order chi connectivity index (χ0) is 18.8. The van der Waals surface area contributed by atoms with E-state index in [2.05, 4.69) is 15.3 Å². The minimum Gasteiger partial charge on any atom is -0.444 e. The molecule has 2 heterocycles. The van der Waals surface area contributed by atoms with Gasteiger partial charge in [-0.25, -0.2) is 14.8 Å². The Hall–Kier alpha value is -1.77. The van der Waals surface area contributed by atoms with Crippen molar-refractivity contribution >= 4 is 23.5 Å². The standard InChI is InChI=1S/C15H20ClF3N4O2/c1-14(2,3)25-13(24)23-6-4-5-9(8-23)21-11-10(15(17,18)19)7-20-12(16)22-11/h7,9H,4-6,8H2,1-3H3,(H,20,21,22)/t9-/m0/s1. The van der Waals surface area contributed by atoms with E-state index in [9.17, 15) is 18.0 Å². The quantitative estimate of drug-likeness (QED) is 0.786. The van der Waals surface area contributed by atoms with E-state index >= 15 is 0 Å². The third kappa shape index (κ3) is 5.62. The average molecular weight is 381 g/mol. The van der Waals surface area contributed by atoms with E-state index in [0.29, 0.717) is 25.6 Å². The van der Waals surface area contributed by atoms with Gasteiger partial charge in [0.1, 0.15) is 17.0 Å². The number of ether oxygens (including phenoxy) is 1. The highest BCUT2D eigenvalue weighted by molar-refractivity contribution is 6.28. The highest BCUT2D eigenvalue weighted by Crippen LogP contribution is 2.34. The number of carbonyl (C=O) groups is 1. The van der Waals surface area contributed by atoms with Crippen LogP contribution in [0.3, 0.4) is 0 Å². The Morgan fingerprint density at radius 2 is 2.08 bits per heavy atom. The van der Waals surface area contributed by atoms with Crippen molar-refractivity contribution in [3.63, 3.8) is 0 Å². The summed E-state index contributed by atoms with van der Waals surface area (Å²) in [5.74, 6) is -0.386. The number of alkyl halides is 3. The lowest BCUT2D eigenvalue weighted by Crippen LogP contribution is -2.47. The average Bonchev–Trinajstić information content (AvgIpc) is 2.44. The van der Waals surface area contributed by atoms with Gasteiger partial charge in [0.15, 0.2) is 0 Å². The molecular formula is C15H20ClF3N4O2.